The number of carbonyl (C=O) groups is 1. The summed E-state index contributed by atoms with van der Waals surface area (Å²) in [5.41, 5.74) is 4.88. The first-order valence-electron chi connectivity index (χ1n) is 11.3. The van der Waals surface area contributed by atoms with Gasteiger partial charge in [0, 0.05) is 42.7 Å². The fourth-order valence-electron chi connectivity index (χ4n) is 4.68. The molecule has 0 unspecified atom stereocenters. The molecule has 3 aliphatic heterocycles. The van der Waals surface area contributed by atoms with Gasteiger partial charge in [-0.15, -0.1) is 0 Å². The van der Waals surface area contributed by atoms with E-state index in [-0.39, 0.29) is 28.7 Å². The summed E-state index contributed by atoms with van der Waals surface area (Å²) >= 11 is 7.82. The van der Waals surface area contributed by atoms with E-state index in [4.69, 9.17) is 11.6 Å². The summed E-state index contributed by atoms with van der Waals surface area (Å²) in [6.07, 6.45) is 0. The van der Waals surface area contributed by atoms with Gasteiger partial charge in [0.25, 0.3) is 5.91 Å². The lowest BCUT2D eigenvalue weighted by molar-refractivity contribution is 0.0747. The van der Waals surface area contributed by atoms with Crippen LogP contribution in [0.5, 0.6) is 0 Å². The Morgan fingerprint density at radius 3 is 2.59 bits per heavy atom. The molecule has 0 spiro atoms. The van der Waals surface area contributed by atoms with E-state index in [0.717, 1.165) is 13.1 Å². The summed E-state index contributed by atoms with van der Waals surface area (Å²) in [7, 11) is -3.00. The number of nitrogens with one attached hydrogen (secondary N) is 1. The second-order valence-electron chi connectivity index (χ2n) is 9.12. The number of halogens is 1. The molecule has 3 aliphatic rings. The number of rotatable bonds is 3. The van der Waals surface area contributed by atoms with Crippen LogP contribution in [0.25, 0.3) is 0 Å². The molecule has 34 heavy (non-hydrogen) atoms. The van der Waals surface area contributed by atoms with Gasteiger partial charge in [0.05, 0.1) is 28.3 Å². The van der Waals surface area contributed by atoms with Crippen molar-refractivity contribution in [3.8, 4) is 0 Å². The van der Waals surface area contributed by atoms with E-state index < -0.39 is 9.84 Å². The number of aliphatic imine (C=N–C) groups is 1. The zero-order valence-electron chi connectivity index (χ0n) is 19.1. The number of fused-ring (bicyclic) bond motifs is 1. The van der Waals surface area contributed by atoms with Gasteiger partial charge in [0.1, 0.15) is 0 Å². The first-order valence-corrected chi connectivity index (χ1v) is 14.4. The second-order valence-corrected chi connectivity index (χ2v) is 12.9. The minimum absolute atomic E-state index is 0.0238. The molecule has 2 aromatic rings. The van der Waals surface area contributed by atoms with Crippen LogP contribution in [0.4, 0.5) is 11.4 Å². The number of piperazine rings is 1. The molecular formula is C24H27ClN4O3S2. The van der Waals surface area contributed by atoms with Crippen LogP contribution in [0, 0.1) is 13.8 Å². The zero-order chi connectivity index (χ0) is 24.0. The molecule has 180 valence electrons. The van der Waals surface area contributed by atoms with Crippen molar-refractivity contribution >= 4 is 55.6 Å². The Labute approximate surface area is 209 Å². The Balaban J connectivity index is 1.25. The molecule has 0 saturated carbocycles. The van der Waals surface area contributed by atoms with Gasteiger partial charge in [-0.25, -0.2) is 8.42 Å². The number of benzene rings is 2. The predicted molar refractivity (Wildman–Crippen MR) is 140 cm³/mol. The van der Waals surface area contributed by atoms with Crippen molar-refractivity contribution in [2.24, 2.45) is 4.99 Å². The van der Waals surface area contributed by atoms with Crippen LogP contribution in [-0.4, -0.2) is 73.4 Å². The third kappa shape index (κ3) is 4.78. The van der Waals surface area contributed by atoms with E-state index in [2.05, 4.69) is 47.3 Å². The van der Waals surface area contributed by atoms with Crippen LogP contribution < -0.4 is 10.2 Å². The number of thioether (sulfide) groups is 1. The van der Waals surface area contributed by atoms with Crippen LogP contribution >= 0.6 is 23.4 Å². The zero-order valence-corrected chi connectivity index (χ0v) is 21.5. The highest BCUT2D eigenvalue weighted by Gasteiger charge is 2.42. The van der Waals surface area contributed by atoms with Gasteiger partial charge in [-0.1, -0.05) is 35.5 Å². The van der Waals surface area contributed by atoms with Crippen molar-refractivity contribution in [1.82, 2.24) is 4.90 Å². The average molecular weight is 519 g/mol. The number of nitrogens with zero attached hydrogens (tertiary/aromatic N) is 3. The first-order chi connectivity index (χ1) is 16.2. The molecule has 2 atom stereocenters. The van der Waals surface area contributed by atoms with Crippen molar-refractivity contribution in [3.63, 3.8) is 0 Å². The Morgan fingerprint density at radius 1 is 1.09 bits per heavy atom. The number of aryl methyl sites for hydroxylation is 2. The summed E-state index contributed by atoms with van der Waals surface area (Å²) in [5, 5.41) is 4.30. The van der Waals surface area contributed by atoms with Gasteiger partial charge in [-0.05, 0) is 49.2 Å². The molecule has 5 rings (SSSR count). The second kappa shape index (κ2) is 9.09. The maximum absolute atomic E-state index is 13.2. The molecule has 3 heterocycles. The fraction of sp³-hybridized carbons (Fsp3) is 0.417. The molecule has 0 bridgehead atoms. The van der Waals surface area contributed by atoms with Crippen molar-refractivity contribution in [3.05, 3.63) is 58.1 Å². The summed E-state index contributed by atoms with van der Waals surface area (Å²) < 4.78 is 23.6. The van der Waals surface area contributed by atoms with E-state index in [1.54, 1.807) is 18.2 Å². The lowest BCUT2D eigenvalue weighted by Crippen LogP contribution is -2.49. The average Bonchev–Trinajstić information content (AvgIpc) is 3.29. The minimum Gasteiger partial charge on any atom is -0.368 e. The molecule has 2 fully saturated rings. The molecule has 2 saturated heterocycles. The summed E-state index contributed by atoms with van der Waals surface area (Å²) in [6, 6.07) is 11.5. The normalized spacial score (nSPS) is 23.6. The maximum atomic E-state index is 13.2. The van der Waals surface area contributed by atoms with E-state index in [1.165, 1.54) is 28.6 Å². The number of hydrogen-bond acceptors (Lipinski definition) is 7. The topological polar surface area (TPSA) is 82.1 Å². The lowest BCUT2D eigenvalue weighted by Gasteiger charge is -2.37. The molecule has 0 aromatic heterocycles. The van der Waals surface area contributed by atoms with Crippen molar-refractivity contribution in [2.45, 2.75) is 25.1 Å². The molecular weight excluding hydrogens is 492 g/mol. The lowest BCUT2D eigenvalue weighted by atomic mass is 10.1. The molecule has 0 aliphatic carbocycles. The smallest absolute Gasteiger partial charge is 0.254 e. The number of hydrogen-bond donors (Lipinski definition) is 1. The quantitative estimate of drug-likeness (QED) is 0.668. The Morgan fingerprint density at radius 2 is 1.85 bits per heavy atom. The van der Waals surface area contributed by atoms with Gasteiger partial charge in [0.2, 0.25) is 0 Å². The van der Waals surface area contributed by atoms with Gasteiger partial charge >= 0.3 is 0 Å². The Kier molecular flexibility index (Phi) is 6.29. The number of amides is 1. The highest BCUT2D eigenvalue weighted by atomic mass is 35.5. The van der Waals surface area contributed by atoms with Crippen molar-refractivity contribution in [2.75, 3.05) is 47.9 Å². The van der Waals surface area contributed by atoms with E-state index in [0.29, 0.717) is 34.5 Å². The van der Waals surface area contributed by atoms with Crippen LogP contribution in [0.3, 0.4) is 0 Å². The number of anilines is 2. The van der Waals surface area contributed by atoms with Crippen LogP contribution in [-0.2, 0) is 9.84 Å². The monoisotopic (exact) mass is 518 g/mol. The highest BCUT2D eigenvalue weighted by molar-refractivity contribution is 8.15. The number of carbonyl (C=O) groups excluding carboxylic acids is 1. The van der Waals surface area contributed by atoms with E-state index in [9.17, 15) is 13.2 Å². The predicted octanol–water partition coefficient (Wildman–Crippen LogP) is 3.60. The molecule has 10 heteroatoms. The summed E-state index contributed by atoms with van der Waals surface area (Å²) in [4.78, 5) is 22.0. The highest BCUT2D eigenvalue weighted by Crippen LogP contribution is 2.36. The first kappa shape index (κ1) is 23.5. The van der Waals surface area contributed by atoms with Crippen LogP contribution in [0.15, 0.2) is 41.4 Å². The van der Waals surface area contributed by atoms with Crippen LogP contribution in [0.1, 0.15) is 21.5 Å². The van der Waals surface area contributed by atoms with Crippen molar-refractivity contribution in [1.29, 1.82) is 0 Å². The molecule has 1 N–H and O–H groups in total. The number of sulfone groups is 1. The molecule has 7 nitrogen and oxygen atoms in total. The fourth-order valence-corrected chi connectivity index (χ4v) is 8.51. The Hall–Kier alpha value is -2.23. The molecule has 0 radical (unpaired) electrons. The van der Waals surface area contributed by atoms with E-state index in [1.807, 2.05) is 4.90 Å². The maximum Gasteiger partial charge on any atom is 0.254 e. The van der Waals surface area contributed by atoms with Gasteiger partial charge in [-0.2, -0.15) is 0 Å². The summed E-state index contributed by atoms with van der Waals surface area (Å²) in [6.45, 7) is 7.09. The third-order valence-corrected chi connectivity index (χ3v) is 10.0. The summed E-state index contributed by atoms with van der Waals surface area (Å²) in [5.74, 6) is 0.220. The van der Waals surface area contributed by atoms with Gasteiger partial charge in [0.15, 0.2) is 15.0 Å². The Bertz CT molecular complexity index is 1270. The standard InChI is InChI=1S/C24H27ClN4O3S2/c1-15-3-4-16(2)21(11-15)28-7-9-29(10-8-28)23(30)17-5-6-18(25)19(12-17)26-24-27-20-13-34(31,32)14-22(20)33-24/h3-6,11-12,20,22H,7-10,13-14H2,1-2H3,(H,26,27)/t20-,22-/m1/s1. The van der Waals surface area contributed by atoms with Crippen molar-refractivity contribution < 1.29 is 13.2 Å². The SMILES string of the molecule is Cc1ccc(C)c(N2CCN(C(=O)c3ccc(Cl)c(NC4=N[C@@H]5CS(=O)(=O)C[C@H]5S4)c3)CC2)c1. The van der Waals surface area contributed by atoms with Gasteiger partial charge < -0.3 is 15.1 Å². The molecule has 2 aromatic carbocycles. The van der Waals surface area contributed by atoms with Gasteiger partial charge in [-0.3, -0.25) is 9.79 Å². The minimum atomic E-state index is -3.00. The number of amidine groups is 1. The van der Waals surface area contributed by atoms with E-state index >= 15 is 0 Å². The largest absolute Gasteiger partial charge is 0.368 e. The third-order valence-electron chi connectivity index (χ3n) is 6.55. The molecule has 1 amide bonds. The van der Waals surface area contributed by atoms with Crippen LogP contribution in [0.2, 0.25) is 5.02 Å².